The van der Waals surface area contributed by atoms with Crippen LogP contribution in [0.1, 0.15) is 11.3 Å². The Hall–Kier alpha value is -2.56. The van der Waals surface area contributed by atoms with Crippen molar-refractivity contribution in [2.75, 3.05) is 17.6 Å². The number of nitrogens with two attached hydrogens (primary N) is 1. The largest absolute Gasteiger partial charge is 0.398 e. The molecular weight excluding hydrogens is 262 g/mol. The van der Waals surface area contributed by atoms with Crippen molar-refractivity contribution in [1.82, 2.24) is 14.8 Å². The lowest BCUT2D eigenvalue weighted by atomic mass is 10.1. The molecule has 1 aromatic carbocycles. The Balaban J connectivity index is 1.80. The number of hydrogen-bond donors (Lipinski definition) is 2. The van der Waals surface area contributed by atoms with Crippen LogP contribution < -0.4 is 11.1 Å². The third-order valence-electron chi connectivity index (χ3n) is 3.56. The number of fused-ring (bicyclic) bond motifs is 1. The standard InChI is InChI=1S/C16H19N5/c1-11-7-13-14(9-19-11)15(17)3-4-16(13)18-6-5-12-8-20-21(2)10-12/h3-4,7-10,18H,5-6,17H2,1-2H3. The van der Waals surface area contributed by atoms with Crippen molar-refractivity contribution in [3.8, 4) is 0 Å². The van der Waals surface area contributed by atoms with Crippen LogP contribution in [0.3, 0.4) is 0 Å². The molecule has 2 heterocycles. The van der Waals surface area contributed by atoms with Gasteiger partial charge in [-0.3, -0.25) is 9.67 Å². The SMILES string of the molecule is Cc1cc2c(NCCc3cnn(C)c3)ccc(N)c2cn1. The zero-order chi connectivity index (χ0) is 14.8. The quantitative estimate of drug-likeness (QED) is 0.721. The van der Waals surface area contributed by atoms with E-state index in [1.165, 1.54) is 5.56 Å². The summed E-state index contributed by atoms with van der Waals surface area (Å²) in [4.78, 5) is 4.32. The van der Waals surface area contributed by atoms with Crippen molar-refractivity contribution in [3.63, 3.8) is 0 Å². The minimum Gasteiger partial charge on any atom is -0.398 e. The number of hydrogen-bond acceptors (Lipinski definition) is 4. The maximum atomic E-state index is 6.02. The summed E-state index contributed by atoms with van der Waals surface area (Å²) >= 11 is 0. The predicted molar refractivity (Wildman–Crippen MR) is 86.3 cm³/mol. The summed E-state index contributed by atoms with van der Waals surface area (Å²) in [5.74, 6) is 0. The number of nitrogens with one attached hydrogen (secondary N) is 1. The molecular formula is C16H19N5. The smallest absolute Gasteiger partial charge is 0.0522 e. The van der Waals surface area contributed by atoms with Crippen molar-refractivity contribution in [2.45, 2.75) is 13.3 Å². The fourth-order valence-electron chi connectivity index (χ4n) is 2.46. The second-order valence-corrected chi connectivity index (χ2v) is 5.27. The van der Waals surface area contributed by atoms with Gasteiger partial charge in [0.05, 0.1) is 6.20 Å². The number of pyridine rings is 1. The zero-order valence-corrected chi connectivity index (χ0v) is 12.3. The molecule has 0 saturated heterocycles. The van der Waals surface area contributed by atoms with Gasteiger partial charge >= 0.3 is 0 Å². The van der Waals surface area contributed by atoms with E-state index in [0.29, 0.717) is 0 Å². The van der Waals surface area contributed by atoms with E-state index >= 15 is 0 Å². The van der Waals surface area contributed by atoms with E-state index in [1.807, 2.05) is 49.4 Å². The van der Waals surface area contributed by atoms with Crippen LogP contribution in [-0.4, -0.2) is 21.3 Å². The maximum Gasteiger partial charge on any atom is 0.0522 e. The Labute approximate surface area is 123 Å². The summed E-state index contributed by atoms with van der Waals surface area (Å²) in [6, 6.07) is 6.02. The van der Waals surface area contributed by atoms with Gasteiger partial charge in [0, 0.05) is 53.8 Å². The van der Waals surface area contributed by atoms with Gasteiger partial charge < -0.3 is 11.1 Å². The molecule has 0 aliphatic carbocycles. The van der Waals surface area contributed by atoms with Crippen molar-refractivity contribution >= 4 is 22.1 Å². The number of aryl methyl sites for hydroxylation is 2. The van der Waals surface area contributed by atoms with E-state index in [4.69, 9.17) is 5.73 Å². The van der Waals surface area contributed by atoms with Crippen molar-refractivity contribution in [3.05, 3.63) is 48.0 Å². The number of rotatable bonds is 4. The van der Waals surface area contributed by atoms with Gasteiger partial charge in [-0.25, -0.2) is 0 Å². The van der Waals surface area contributed by atoms with Crippen LogP contribution in [-0.2, 0) is 13.5 Å². The summed E-state index contributed by atoms with van der Waals surface area (Å²) in [7, 11) is 1.93. The summed E-state index contributed by atoms with van der Waals surface area (Å²) in [6.07, 6.45) is 6.71. The highest BCUT2D eigenvalue weighted by atomic mass is 15.2. The number of aromatic nitrogens is 3. The van der Waals surface area contributed by atoms with Crippen LogP contribution in [0.4, 0.5) is 11.4 Å². The molecule has 0 bridgehead atoms. The minimum atomic E-state index is 0.760. The molecule has 0 radical (unpaired) electrons. The molecule has 0 saturated carbocycles. The second-order valence-electron chi connectivity index (χ2n) is 5.27. The van der Waals surface area contributed by atoms with Gasteiger partial charge in [0.25, 0.3) is 0 Å². The third-order valence-corrected chi connectivity index (χ3v) is 3.56. The van der Waals surface area contributed by atoms with Crippen LogP contribution in [0, 0.1) is 6.92 Å². The van der Waals surface area contributed by atoms with Crippen LogP contribution in [0.25, 0.3) is 10.8 Å². The number of nitrogen functional groups attached to an aromatic ring is 1. The fraction of sp³-hybridized carbons (Fsp3) is 0.250. The Kier molecular flexibility index (Phi) is 3.48. The number of anilines is 2. The summed E-state index contributed by atoms with van der Waals surface area (Å²) in [6.45, 7) is 2.84. The lowest BCUT2D eigenvalue weighted by Crippen LogP contribution is -2.05. The first kappa shape index (κ1) is 13.4. The van der Waals surface area contributed by atoms with E-state index in [-0.39, 0.29) is 0 Å². The van der Waals surface area contributed by atoms with Crippen LogP contribution in [0.15, 0.2) is 36.8 Å². The van der Waals surface area contributed by atoms with Gasteiger partial charge in [0.1, 0.15) is 0 Å². The monoisotopic (exact) mass is 281 g/mol. The maximum absolute atomic E-state index is 6.02. The summed E-state index contributed by atoms with van der Waals surface area (Å²) in [5, 5.41) is 9.77. The average molecular weight is 281 g/mol. The van der Waals surface area contributed by atoms with Crippen molar-refractivity contribution < 1.29 is 0 Å². The van der Waals surface area contributed by atoms with Crippen LogP contribution in [0.2, 0.25) is 0 Å². The van der Waals surface area contributed by atoms with Crippen molar-refractivity contribution in [2.24, 2.45) is 7.05 Å². The minimum absolute atomic E-state index is 0.760. The molecule has 21 heavy (non-hydrogen) atoms. The molecule has 2 aromatic heterocycles. The van der Waals surface area contributed by atoms with Gasteiger partial charge in [-0.2, -0.15) is 5.10 Å². The molecule has 0 unspecified atom stereocenters. The normalized spacial score (nSPS) is 11.0. The number of benzene rings is 1. The Morgan fingerprint density at radius 3 is 2.86 bits per heavy atom. The first-order valence-electron chi connectivity index (χ1n) is 7.00. The highest BCUT2D eigenvalue weighted by molar-refractivity contribution is 6.00. The molecule has 0 fully saturated rings. The molecule has 5 heteroatoms. The van der Waals surface area contributed by atoms with E-state index in [9.17, 15) is 0 Å². The topological polar surface area (TPSA) is 68.8 Å². The van der Waals surface area contributed by atoms with Gasteiger partial charge in [0.15, 0.2) is 0 Å². The molecule has 3 rings (SSSR count). The average Bonchev–Trinajstić information content (AvgIpc) is 2.87. The molecule has 0 spiro atoms. The summed E-state index contributed by atoms with van der Waals surface area (Å²) < 4.78 is 1.82. The predicted octanol–water partition coefficient (Wildman–Crippen LogP) is 2.51. The van der Waals surface area contributed by atoms with Crippen LogP contribution in [0.5, 0.6) is 0 Å². The van der Waals surface area contributed by atoms with E-state index in [2.05, 4.69) is 21.5 Å². The van der Waals surface area contributed by atoms with Crippen LogP contribution >= 0.6 is 0 Å². The summed E-state index contributed by atoms with van der Waals surface area (Å²) in [5.41, 5.74) is 10.1. The molecule has 0 aliphatic heterocycles. The first-order chi connectivity index (χ1) is 10.1. The lowest BCUT2D eigenvalue weighted by molar-refractivity contribution is 0.767. The Morgan fingerprint density at radius 2 is 2.10 bits per heavy atom. The molecule has 0 atom stereocenters. The van der Waals surface area contributed by atoms with E-state index < -0.39 is 0 Å². The number of nitrogens with zero attached hydrogens (tertiary/aromatic N) is 3. The Bertz CT molecular complexity index is 775. The Morgan fingerprint density at radius 1 is 1.24 bits per heavy atom. The fourth-order valence-corrected chi connectivity index (χ4v) is 2.46. The molecule has 108 valence electrons. The molecule has 3 N–H and O–H groups in total. The zero-order valence-electron chi connectivity index (χ0n) is 12.3. The highest BCUT2D eigenvalue weighted by Gasteiger charge is 2.05. The van der Waals surface area contributed by atoms with Gasteiger partial charge in [-0.1, -0.05) is 0 Å². The van der Waals surface area contributed by atoms with Gasteiger partial charge in [0.2, 0.25) is 0 Å². The van der Waals surface area contributed by atoms with E-state index in [0.717, 1.165) is 40.8 Å². The second kappa shape index (κ2) is 5.44. The van der Waals surface area contributed by atoms with Gasteiger partial charge in [-0.05, 0) is 37.1 Å². The molecule has 0 amide bonds. The third kappa shape index (κ3) is 2.81. The highest BCUT2D eigenvalue weighted by Crippen LogP contribution is 2.28. The van der Waals surface area contributed by atoms with E-state index in [1.54, 1.807) is 0 Å². The molecule has 0 aliphatic rings. The molecule has 3 aromatic rings. The lowest BCUT2D eigenvalue weighted by Gasteiger charge is -2.11. The van der Waals surface area contributed by atoms with Gasteiger partial charge in [-0.15, -0.1) is 0 Å². The first-order valence-corrected chi connectivity index (χ1v) is 7.00. The molecule has 5 nitrogen and oxygen atoms in total. The van der Waals surface area contributed by atoms with Crippen molar-refractivity contribution in [1.29, 1.82) is 0 Å².